The topological polar surface area (TPSA) is 118 Å². The van der Waals surface area contributed by atoms with Crippen molar-refractivity contribution in [3.05, 3.63) is 0 Å². The van der Waals surface area contributed by atoms with Gasteiger partial charge in [0.1, 0.15) is 0 Å². The number of ketones is 1. The summed E-state index contributed by atoms with van der Waals surface area (Å²) in [7, 11) is 0. The van der Waals surface area contributed by atoms with Crippen LogP contribution in [0.15, 0.2) is 0 Å². The van der Waals surface area contributed by atoms with Crippen LogP contribution in [0.5, 0.6) is 0 Å². The Hall–Kier alpha value is -1.43. The van der Waals surface area contributed by atoms with Crippen LogP contribution in [0, 0.1) is 16.7 Å². The normalized spacial score (nSPS) is 29.0. The summed E-state index contributed by atoms with van der Waals surface area (Å²) in [4.78, 5) is 35.4. The number of nitrogens with two attached hydrogens (primary N) is 1. The molecule has 1 aliphatic rings. The first-order valence-corrected chi connectivity index (χ1v) is 9.00. The summed E-state index contributed by atoms with van der Waals surface area (Å²) < 4.78 is 0. The van der Waals surface area contributed by atoms with Crippen LogP contribution in [-0.2, 0) is 14.4 Å². The van der Waals surface area contributed by atoms with Gasteiger partial charge in [-0.05, 0) is 31.6 Å². The van der Waals surface area contributed by atoms with Crippen LogP contribution in [0.4, 0.5) is 0 Å². The van der Waals surface area contributed by atoms with Crippen molar-refractivity contribution in [3.63, 3.8) is 0 Å². The standard InChI is InChI=1S/C18H31NO5/c1-3-9-18(14(20)12-19)13(4-2)11-17(18,16(23)24)10-7-5-6-8-15(21)22/h13H,3-12,19H2,1-2H3,(H,21,22)(H,23,24). The highest BCUT2D eigenvalue weighted by Crippen LogP contribution is 2.67. The lowest BCUT2D eigenvalue weighted by atomic mass is 9.39. The Balaban J connectivity index is 2.98. The number of carbonyl (C=O) groups excluding carboxylic acids is 1. The molecule has 1 rings (SSSR count). The van der Waals surface area contributed by atoms with E-state index in [1.165, 1.54) is 0 Å². The van der Waals surface area contributed by atoms with E-state index < -0.39 is 22.8 Å². The Morgan fingerprint density at radius 1 is 1.08 bits per heavy atom. The smallest absolute Gasteiger partial charge is 0.310 e. The van der Waals surface area contributed by atoms with Crippen molar-refractivity contribution in [1.29, 1.82) is 0 Å². The van der Waals surface area contributed by atoms with Gasteiger partial charge in [-0.15, -0.1) is 0 Å². The Labute approximate surface area is 143 Å². The molecule has 1 saturated carbocycles. The van der Waals surface area contributed by atoms with Gasteiger partial charge in [-0.25, -0.2) is 0 Å². The molecule has 24 heavy (non-hydrogen) atoms. The van der Waals surface area contributed by atoms with E-state index in [9.17, 15) is 19.5 Å². The first kappa shape index (κ1) is 20.6. The molecule has 0 saturated heterocycles. The third kappa shape index (κ3) is 3.48. The lowest BCUT2D eigenvalue weighted by Crippen LogP contribution is -2.66. The fourth-order valence-electron chi connectivity index (χ4n) is 4.77. The average molecular weight is 341 g/mol. The minimum Gasteiger partial charge on any atom is -0.481 e. The molecule has 0 aromatic heterocycles. The van der Waals surface area contributed by atoms with Crippen molar-refractivity contribution in [1.82, 2.24) is 0 Å². The first-order chi connectivity index (χ1) is 11.3. The summed E-state index contributed by atoms with van der Waals surface area (Å²) in [5.41, 5.74) is 3.74. The van der Waals surface area contributed by atoms with Gasteiger partial charge in [0, 0.05) is 11.8 Å². The monoisotopic (exact) mass is 341 g/mol. The molecule has 0 radical (unpaired) electrons. The molecule has 0 heterocycles. The number of carbonyl (C=O) groups is 3. The van der Waals surface area contributed by atoms with Crippen molar-refractivity contribution in [3.8, 4) is 0 Å². The van der Waals surface area contributed by atoms with Crippen molar-refractivity contribution >= 4 is 17.7 Å². The number of Topliss-reactive ketones (excluding diaryl/α,β-unsaturated/α-hetero) is 1. The molecule has 1 aliphatic carbocycles. The number of carboxylic acids is 2. The maximum atomic E-state index is 12.7. The molecule has 1 fully saturated rings. The van der Waals surface area contributed by atoms with E-state index in [2.05, 4.69) is 0 Å². The highest BCUT2D eigenvalue weighted by atomic mass is 16.4. The largest absolute Gasteiger partial charge is 0.481 e. The number of rotatable bonds is 12. The summed E-state index contributed by atoms with van der Waals surface area (Å²) in [6.07, 6.45) is 4.94. The third-order valence-corrected chi connectivity index (χ3v) is 5.87. The molecule has 6 nitrogen and oxygen atoms in total. The number of unbranched alkanes of at least 4 members (excludes halogenated alkanes) is 2. The van der Waals surface area contributed by atoms with Crippen molar-refractivity contribution in [2.24, 2.45) is 22.5 Å². The van der Waals surface area contributed by atoms with Crippen LogP contribution in [0.3, 0.4) is 0 Å². The number of aliphatic carboxylic acids is 2. The van der Waals surface area contributed by atoms with Gasteiger partial charge in [-0.1, -0.05) is 39.5 Å². The van der Waals surface area contributed by atoms with E-state index in [-0.39, 0.29) is 24.7 Å². The zero-order valence-electron chi connectivity index (χ0n) is 14.8. The van der Waals surface area contributed by atoms with Crippen LogP contribution in [0.1, 0.15) is 71.6 Å². The van der Waals surface area contributed by atoms with Crippen molar-refractivity contribution in [2.45, 2.75) is 71.6 Å². The Morgan fingerprint density at radius 2 is 1.75 bits per heavy atom. The number of hydrogen-bond acceptors (Lipinski definition) is 4. The number of carboxylic acid groups (broad SMARTS) is 2. The maximum Gasteiger partial charge on any atom is 0.310 e. The number of hydrogen-bond donors (Lipinski definition) is 3. The van der Waals surface area contributed by atoms with Gasteiger partial charge in [0.25, 0.3) is 0 Å². The fraction of sp³-hybridized carbons (Fsp3) is 0.833. The predicted molar refractivity (Wildman–Crippen MR) is 90.6 cm³/mol. The minimum atomic E-state index is -1.04. The van der Waals surface area contributed by atoms with E-state index in [4.69, 9.17) is 10.8 Å². The molecule has 138 valence electrons. The Morgan fingerprint density at radius 3 is 2.21 bits per heavy atom. The molecule has 0 amide bonds. The highest BCUT2D eigenvalue weighted by molar-refractivity contribution is 5.95. The molecule has 6 heteroatoms. The lowest BCUT2D eigenvalue weighted by molar-refractivity contribution is -0.201. The molecule has 0 spiro atoms. The second-order valence-electron chi connectivity index (χ2n) is 7.00. The third-order valence-electron chi connectivity index (χ3n) is 5.87. The van der Waals surface area contributed by atoms with Gasteiger partial charge in [-0.2, -0.15) is 0 Å². The second-order valence-corrected chi connectivity index (χ2v) is 7.00. The fourth-order valence-corrected chi connectivity index (χ4v) is 4.77. The quantitative estimate of drug-likeness (QED) is 0.470. The SMILES string of the molecule is CCCC1(C(=O)CN)C(CC)CC1(CCCCCC(=O)O)C(=O)O. The van der Waals surface area contributed by atoms with Crippen molar-refractivity contribution < 1.29 is 24.6 Å². The highest BCUT2D eigenvalue weighted by Gasteiger charge is 2.70. The molecule has 3 atom stereocenters. The maximum absolute atomic E-state index is 12.7. The van der Waals surface area contributed by atoms with Gasteiger partial charge in [0.2, 0.25) is 0 Å². The molecule has 0 aliphatic heterocycles. The van der Waals surface area contributed by atoms with Crippen LogP contribution < -0.4 is 5.73 Å². The summed E-state index contributed by atoms with van der Waals surface area (Å²) in [5, 5.41) is 18.7. The summed E-state index contributed by atoms with van der Waals surface area (Å²) in [6.45, 7) is 3.85. The molecule has 0 aromatic rings. The van der Waals surface area contributed by atoms with E-state index >= 15 is 0 Å². The van der Waals surface area contributed by atoms with Crippen LogP contribution >= 0.6 is 0 Å². The molecule has 3 unspecified atom stereocenters. The molecule has 0 bridgehead atoms. The Bertz CT molecular complexity index is 478. The molecular weight excluding hydrogens is 310 g/mol. The van der Waals surface area contributed by atoms with Gasteiger partial charge >= 0.3 is 11.9 Å². The lowest BCUT2D eigenvalue weighted by Gasteiger charge is -2.62. The second kappa shape index (κ2) is 8.60. The summed E-state index contributed by atoms with van der Waals surface area (Å²) in [6, 6.07) is 0. The zero-order valence-corrected chi connectivity index (χ0v) is 14.8. The van der Waals surface area contributed by atoms with Gasteiger partial charge in [0.15, 0.2) is 5.78 Å². The first-order valence-electron chi connectivity index (χ1n) is 9.00. The van der Waals surface area contributed by atoms with Crippen LogP contribution in [0.25, 0.3) is 0 Å². The van der Waals surface area contributed by atoms with Crippen molar-refractivity contribution in [2.75, 3.05) is 6.54 Å². The summed E-state index contributed by atoms with van der Waals surface area (Å²) in [5.74, 6) is -1.80. The zero-order chi connectivity index (χ0) is 18.4. The van der Waals surface area contributed by atoms with Crippen LogP contribution in [0.2, 0.25) is 0 Å². The van der Waals surface area contributed by atoms with E-state index in [0.29, 0.717) is 38.5 Å². The van der Waals surface area contributed by atoms with Gasteiger partial charge in [-0.3, -0.25) is 14.4 Å². The molecule has 4 N–H and O–H groups in total. The minimum absolute atomic E-state index is 0.0728. The average Bonchev–Trinajstić information content (AvgIpc) is 2.52. The van der Waals surface area contributed by atoms with E-state index in [0.717, 1.165) is 12.8 Å². The van der Waals surface area contributed by atoms with Gasteiger partial charge < -0.3 is 15.9 Å². The summed E-state index contributed by atoms with van der Waals surface area (Å²) >= 11 is 0. The molecular formula is C18H31NO5. The van der Waals surface area contributed by atoms with Gasteiger partial charge in [0.05, 0.1) is 12.0 Å². The molecule has 0 aromatic carbocycles. The van der Waals surface area contributed by atoms with Crippen LogP contribution in [-0.4, -0.2) is 34.5 Å². The van der Waals surface area contributed by atoms with E-state index in [1.807, 2.05) is 13.8 Å². The Kier molecular flexibility index (Phi) is 7.39. The van der Waals surface area contributed by atoms with E-state index in [1.54, 1.807) is 0 Å². The predicted octanol–water partition coefficient (Wildman–Crippen LogP) is 2.84.